The van der Waals surface area contributed by atoms with Crippen molar-refractivity contribution in [1.29, 1.82) is 0 Å². The van der Waals surface area contributed by atoms with E-state index in [9.17, 15) is 8.78 Å². The number of halogens is 2. The zero-order valence-corrected chi connectivity index (χ0v) is 8.87. The molecule has 0 saturated heterocycles. The standard InChI is InChI=1S/C10H14F2N4/c11-10(12)5-9(10,6-13)8-4-16(15-14-8)3-7-1-2-7/h4,7H,1-3,5-6,13H2. The van der Waals surface area contributed by atoms with Crippen LogP contribution < -0.4 is 5.73 Å². The van der Waals surface area contributed by atoms with Crippen LogP contribution in [0.2, 0.25) is 0 Å². The summed E-state index contributed by atoms with van der Waals surface area (Å²) in [7, 11) is 0. The molecule has 1 unspecified atom stereocenters. The van der Waals surface area contributed by atoms with Crippen molar-refractivity contribution in [2.24, 2.45) is 11.7 Å². The zero-order chi connectivity index (χ0) is 11.4. The number of hydrogen-bond donors (Lipinski definition) is 1. The van der Waals surface area contributed by atoms with E-state index in [1.54, 1.807) is 10.9 Å². The summed E-state index contributed by atoms with van der Waals surface area (Å²) < 4.78 is 28.2. The van der Waals surface area contributed by atoms with Gasteiger partial charge in [0.15, 0.2) is 0 Å². The van der Waals surface area contributed by atoms with Gasteiger partial charge in [0.05, 0.1) is 11.1 Å². The van der Waals surface area contributed by atoms with E-state index in [-0.39, 0.29) is 13.0 Å². The third-order valence-electron chi connectivity index (χ3n) is 3.62. The summed E-state index contributed by atoms with van der Waals surface area (Å²) in [5.41, 5.74) is 4.55. The number of nitrogens with zero attached hydrogens (tertiary/aromatic N) is 3. The third-order valence-corrected chi connectivity index (χ3v) is 3.62. The van der Waals surface area contributed by atoms with E-state index in [2.05, 4.69) is 10.3 Å². The molecule has 1 atom stereocenters. The monoisotopic (exact) mass is 228 g/mol. The fourth-order valence-electron chi connectivity index (χ4n) is 2.11. The van der Waals surface area contributed by atoms with Gasteiger partial charge < -0.3 is 5.73 Å². The summed E-state index contributed by atoms with van der Waals surface area (Å²) in [6, 6.07) is 0. The highest BCUT2D eigenvalue weighted by atomic mass is 19.3. The van der Waals surface area contributed by atoms with E-state index < -0.39 is 11.3 Å². The summed E-state index contributed by atoms with van der Waals surface area (Å²) in [5, 5.41) is 7.74. The van der Waals surface area contributed by atoms with Crippen LogP contribution in [0.1, 0.15) is 25.0 Å². The highest BCUT2D eigenvalue weighted by molar-refractivity contribution is 5.31. The fourth-order valence-corrected chi connectivity index (χ4v) is 2.11. The van der Waals surface area contributed by atoms with Crippen molar-refractivity contribution in [3.8, 4) is 0 Å². The van der Waals surface area contributed by atoms with Gasteiger partial charge in [-0.05, 0) is 18.8 Å². The molecule has 0 amide bonds. The summed E-state index contributed by atoms with van der Waals surface area (Å²) in [4.78, 5) is 0. The number of hydrogen-bond acceptors (Lipinski definition) is 3. The molecule has 16 heavy (non-hydrogen) atoms. The highest BCUT2D eigenvalue weighted by Crippen LogP contribution is 2.60. The van der Waals surface area contributed by atoms with E-state index in [1.165, 1.54) is 12.8 Å². The minimum Gasteiger partial charge on any atom is -0.329 e. The van der Waals surface area contributed by atoms with E-state index in [0.29, 0.717) is 11.6 Å². The summed E-state index contributed by atoms with van der Waals surface area (Å²) >= 11 is 0. The Morgan fingerprint density at radius 1 is 1.50 bits per heavy atom. The zero-order valence-electron chi connectivity index (χ0n) is 8.87. The molecular weight excluding hydrogens is 214 g/mol. The molecule has 2 fully saturated rings. The van der Waals surface area contributed by atoms with Crippen molar-refractivity contribution in [2.75, 3.05) is 6.54 Å². The molecule has 2 aliphatic rings. The van der Waals surface area contributed by atoms with Gasteiger partial charge in [-0.1, -0.05) is 5.21 Å². The molecule has 2 saturated carbocycles. The highest BCUT2D eigenvalue weighted by Gasteiger charge is 2.72. The first-order chi connectivity index (χ1) is 7.57. The molecule has 4 nitrogen and oxygen atoms in total. The van der Waals surface area contributed by atoms with Crippen LogP contribution in [0, 0.1) is 5.92 Å². The van der Waals surface area contributed by atoms with Crippen LogP contribution in [0.4, 0.5) is 8.78 Å². The molecule has 0 spiro atoms. The fraction of sp³-hybridized carbons (Fsp3) is 0.800. The Morgan fingerprint density at radius 3 is 2.69 bits per heavy atom. The molecular formula is C10H14F2N4. The average molecular weight is 228 g/mol. The first kappa shape index (κ1) is 10.1. The Morgan fingerprint density at radius 2 is 2.19 bits per heavy atom. The lowest BCUT2D eigenvalue weighted by Gasteiger charge is -2.08. The second kappa shape index (κ2) is 3.00. The largest absolute Gasteiger partial charge is 0.329 e. The minimum atomic E-state index is -2.71. The molecule has 1 heterocycles. The van der Waals surface area contributed by atoms with Crippen molar-refractivity contribution in [1.82, 2.24) is 15.0 Å². The SMILES string of the molecule is NCC1(c2cn(CC3CC3)nn2)CC1(F)F. The molecule has 0 aromatic carbocycles. The van der Waals surface area contributed by atoms with Gasteiger partial charge in [-0.2, -0.15) is 0 Å². The maximum Gasteiger partial charge on any atom is 0.261 e. The quantitative estimate of drug-likeness (QED) is 0.833. The van der Waals surface area contributed by atoms with Crippen molar-refractivity contribution in [3.05, 3.63) is 11.9 Å². The first-order valence-electron chi connectivity index (χ1n) is 5.56. The van der Waals surface area contributed by atoms with Crippen molar-refractivity contribution < 1.29 is 8.78 Å². The van der Waals surface area contributed by atoms with Crippen LogP contribution in [0.15, 0.2) is 6.20 Å². The van der Waals surface area contributed by atoms with E-state index in [4.69, 9.17) is 5.73 Å². The molecule has 2 aliphatic carbocycles. The first-order valence-corrected chi connectivity index (χ1v) is 5.56. The Kier molecular flexibility index (Phi) is 1.90. The molecule has 6 heteroatoms. The van der Waals surface area contributed by atoms with Gasteiger partial charge in [0.2, 0.25) is 0 Å². The van der Waals surface area contributed by atoms with Crippen LogP contribution in [0.3, 0.4) is 0 Å². The molecule has 1 aromatic heterocycles. The van der Waals surface area contributed by atoms with E-state index >= 15 is 0 Å². The minimum absolute atomic E-state index is 0.0673. The van der Waals surface area contributed by atoms with Crippen LogP contribution in [-0.4, -0.2) is 27.5 Å². The molecule has 1 aromatic rings. The summed E-state index contributed by atoms with van der Waals surface area (Å²) in [5.74, 6) is -2.05. The Hall–Kier alpha value is -1.04. The van der Waals surface area contributed by atoms with Crippen LogP contribution in [0.5, 0.6) is 0 Å². The molecule has 0 bridgehead atoms. The molecule has 0 aliphatic heterocycles. The van der Waals surface area contributed by atoms with Crippen molar-refractivity contribution in [3.63, 3.8) is 0 Å². The smallest absolute Gasteiger partial charge is 0.261 e. The number of aromatic nitrogens is 3. The lowest BCUT2D eigenvalue weighted by atomic mass is 10.0. The van der Waals surface area contributed by atoms with Crippen LogP contribution in [-0.2, 0) is 12.0 Å². The second-order valence-electron chi connectivity index (χ2n) is 4.94. The van der Waals surface area contributed by atoms with Gasteiger partial charge in [-0.15, -0.1) is 5.10 Å². The van der Waals surface area contributed by atoms with Gasteiger partial charge in [0.1, 0.15) is 0 Å². The molecule has 2 N–H and O–H groups in total. The van der Waals surface area contributed by atoms with Gasteiger partial charge in [-0.3, -0.25) is 4.68 Å². The van der Waals surface area contributed by atoms with Crippen molar-refractivity contribution in [2.45, 2.75) is 37.1 Å². The lowest BCUT2D eigenvalue weighted by molar-refractivity contribution is 0.0886. The Balaban J connectivity index is 1.81. The van der Waals surface area contributed by atoms with Gasteiger partial charge in [0, 0.05) is 25.7 Å². The van der Waals surface area contributed by atoms with Crippen LogP contribution in [0.25, 0.3) is 0 Å². The maximum atomic E-state index is 13.3. The van der Waals surface area contributed by atoms with E-state index in [1.807, 2.05) is 0 Å². The number of alkyl halides is 2. The van der Waals surface area contributed by atoms with Gasteiger partial charge in [-0.25, -0.2) is 8.78 Å². The summed E-state index contributed by atoms with van der Waals surface area (Å²) in [6.45, 7) is 0.724. The second-order valence-corrected chi connectivity index (χ2v) is 4.94. The predicted octanol–water partition coefficient (Wildman–Crippen LogP) is 0.924. The Labute approximate surface area is 91.8 Å². The van der Waals surface area contributed by atoms with Gasteiger partial charge >= 0.3 is 0 Å². The number of rotatable bonds is 4. The normalized spacial score (nSPS) is 31.7. The maximum absolute atomic E-state index is 13.3. The number of nitrogens with two attached hydrogens (primary N) is 1. The topological polar surface area (TPSA) is 56.7 Å². The summed E-state index contributed by atoms with van der Waals surface area (Å²) in [6.07, 6.45) is 3.84. The lowest BCUT2D eigenvalue weighted by Crippen LogP contribution is -2.27. The van der Waals surface area contributed by atoms with Crippen molar-refractivity contribution >= 4 is 0 Å². The molecule has 3 rings (SSSR count). The van der Waals surface area contributed by atoms with Crippen LogP contribution >= 0.6 is 0 Å². The predicted molar refractivity (Wildman–Crippen MR) is 53.0 cm³/mol. The van der Waals surface area contributed by atoms with Gasteiger partial charge in [0.25, 0.3) is 5.92 Å². The Bertz CT molecular complexity index is 413. The van der Waals surface area contributed by atoms with E-state index in [0.717, 1.165) is 6.54 Å². The third kappa shape index (κ3) is 1.36. The molecule has 88 valence electrons. The molecule has 0 radical (unpaired) electrons. The average Bonchev–Trinajstić information content (AvgIpc) is 3.06.